The van der Waals surface area contributed by atoms with Crippen LogP contribution in [0.4, 0.5) is 0 Å². The smallest absolute Gasteiger partial charge is 0.344 e. The number of nitrogens with one attached hydrogen (secondary N) is 1. The Balaban J connectivity index is 2.94. The minimum absolute atomic E-state index is 0.117. The maximum atomic E-state index is 12.2. The number of carboxylic acid groups (broad SMARTS) is 1. The molecular formula is C15H19NO8. The van der Waals surface area contributed by atoms with Gasteiger partial charge < -0.3 is 24.6 Å². The van der Waals surface area contributed by atoms with Gasteiger partial charge in [0.1, 0.15) is 0 Å². The molecule has 0 fully saturated rings. The van der Waals surface area contributed by atoms with E-state index in [9.17, 15) is 19.2 Å². The lowest BCUT2D eigenvalue weighted by molar-refractivity contribution is -0.155. The van der Waals surface area contributed by atoms with Crippen molar-refractivity contribution in [2.24, 2.45) is 5.92 Å². The molecule has 9 heteroatoms. The Morgan fingerprint density at radius 2 is 1.46 bits per heavy atom. The summed E-state index contributed by atoms with van der Waals surface area (Å²) in [6.45, 7) is 3.47. The van der Waals surface area contributed by atoms with E-state index >= 15 is 0 Å². The highest BCUT2D eigenvalue weighted by atomic mass is 16.6. The molecule has 0 aromatic carbocycles. The zero-order valence-corrected chi connectivity index (χ0v) is 13.8. The molecule has 0 aromatic rings. The number of rotatable bonds is 6. The average Bonchev–Trinajstić information content (AvgIpc) is 2.49. The number of aliphatic carboxylic acids is 1. The summed E-state index contributed by atoms with van der Waals surface area (Å²) in [6, 6.07) is 0. The first-order valence-electron chi connectivity index (χ1n) is 7.00. The van der Waals surface area contributed by atoms with Gasteiger partial charge in [0.25, 0.3) is 0 Å². The van der Waals surface area contributed by atoms with Crippen LogP contribution in [-0.2, 0) is 33.4 Å². The molecule has 1 rings (SSSR count). The van der Waals surface area contributed by atoms with E-state index in [0.717, 1.165) is 7.11 Å². The van der Waals surface area contributed by atoms with Crippen molar-refractivity contribution < 1.29 is 38.5 Å². The van der Waals surface area contributed by atoms with Gasteiger partial charge >= 0.3 is 23.9 Å². The Bertz CT molecular complexity index is 631. The summed E-state index contributed by atoms with van der Waals surface area (Å²) in [5.74, 6) is -4.33. The quantitative estimate of drug-likeness (QED) is 0.511. The number of hydrogen-bond donors (Lipinski definition) is 2. The first kappa shape index (κ1) is 19.2. The minimum Gasteiger partial charge on any atom is -0.479 e. The number of carbonyl (C=O) groups excluding carboxylic acids is 3. The third-order valence-electron chi connectivity index (χ3n) is 3.36. The van der Waals surface area contributed by atoms with Gasteiger partial charge in [0.15, 0.2) is 13.2 Å². The van der Waals surface area contributed by atoms with Crippen LogP contribution in [0.3, 0.4) is 0 Å². The number of methoxy groups -OCH3 is 1. The molecule has 9 nitrogen and oxygen atoms in total. The van der Waals surface area contributed by atoms with Crippen molar-refractivity contribution in [2.75, 3.05) is 20.3 Å². The molecule has 0 spiro atoms. The zero-order valence-electron chi connectivity index (χ0n) is 13.8. The average molecular weight is 341 g/mol. The molecule has 1 aliphatic heterocycles. The van der Waals surface area contributed by atoms with Crippen molar-refractivity contribution in [3.8, 4) is 0 Å². The van der Waals surface area contributed by atoms with Crippen LogP contribution in [0.15, 0.2) is 22.5 Å². The van der Waals surface area contributed by atoms with Gasteiger partial charge in [-0.05, 0) is 13.8 Å². The molecule has 24 heavy (non-hydrogen) atoms. The van der Waals surface area contributed by atoms with Gasteiger partial charge in [-0.3, -0.25) is 0 Å². The SMILES string of the molecule is COC(=O)COC(=O)C1=C(C)NC(C)=C(C(=O)OCC(=O)O)C1C. The zero-order chi connectivity index (χ0) is 18.4. The van der Waals surface area contributed by atoms with Crippen LogP contribution < -0.4 is 5.32 Å². The fourth-order valence-electron chi connectivity index (χ4n) is 2.34. The number of carboxylic acids is 1. The van der Waals surface area contributed by atoms with Crippen molar-refractivity contribution in [3.63, 3.8) is 0 Å². The molecule has 1 aliphatic rings. The predicted molar refractivity (Wildman–Crippen MR) is 79.3 cm³/mol. The highest BCUT2D eigenvalue weighted by Gasteiger charge is 2.34. The lowest BCUT2D eigenvalue weighted by atomic mass is 9.87. The molecule has 0 aromatic heterocycles. The minimum atomic E-state index is -1.29. The van der Waals surface area contributed by atoms with Crippen LogP contribution in [0.5, 0.6) is 0 Å². The fraction of sp³-hybridized carbons (Fsp3) is 0.467. The van der Waals surface area contributed by atoms with Crippen LogP contribution >= 0.6 is 0 Å². The monoisotopic (exact) mass is 341 g/mol. The highest BCUT2D eigenvalue weighted by Crippen LogP contribution is 2.30. The number of hydrogen-bond acceptors (Lipinski definition) is 8. The van der Waals surface area contributed by atoms with Crippen LogP contribution in [0.25, 0.3) is 0 Å². The molecule has 132 valence electrons. The molecule has 1 heterocycles. The van der Waals surface area contributed by atoms with Gasteiger partial charge in [-0.25, -0.2) is 19.2 Å². The number of ether oxygens (including phenoxy) is 3. The lowest BCUT2D eigenvalue weighted by Gasteiger charge is -2.27. The predicted octanol–water partition coefficient (Wildman–Crippen LogP) is 0.118. The summed E-state index contributed by atoms with van der Waals surface area (Å²) in [4.78, 5) is 45.8. The van der Waals surface area contributed by atoms with Crippen molar-refractivity contribution in [2.45, 2.75) is 20.8 Å². The van der Waals surface area contributed by atoms with E-state index in [-0.39, 0.29) is 11.1 Å². The van der Waals surface area contributed by atoms with Gasteiger partial charge in [-0.2, -0.15) is 0 Å². The summed E-state index contributed by atoms with van der Waals surface area (Å²) in [7, 11) is 1.16. The first-order valence-corrected chi connectivity index (χ1v) is 7.00. The standard InChI is InChI=1S/C15H19NO8/c1-7-12(14(20)23-5-10(17)18)8(2)16-9(3)13(7)15(21)24-6-11(19)22-4/h7,16H,5-6H2,1-4H3,(H,17,18). The molecular weight excluding hydrogens is 322 g/mol. The maximum absolute atomic E-state index is 12.2. The van der Waals surface area contributed by atoms with Crippen LogP contribution in [0.1, 0.15) is 20.8 Å². The Morgan fingerprint density at radius 1 is 1.00 bits per heavy atom. The first-order chi connectivity index (χ1) is 11.2. The topological polar surface area (TPSA) is 128 Å². The Kier molecular flexibility index (Phi) is 6.51. The van der Waals surface area contributed by atoms with E-state index < -0.39 is 43.0 Å². The van der Waals surface area contributed by atoms with Crippen LogP contribution in [0.2, 0.25) is 0 Å². The van der Waals surface area contributed by atoms with E-state index in [1.807, 2.05) is 0 Å². The number of dihydropyridines is 1. The van der Waals surface area contributed by atoms with E-state index in [0.29, 0.717) is 11.4 Å². The molecule has 0 amide bonds. The van der Waals surface area contributed by atoms with E-state index in [1.54, 1.807) is 20.8 Å². The summed E-state index contributed by atoms with van der Waals surface area (Å²) in [5.41, 5.74) is 1.17. The van der Waals surface area contributed by atoms with Crippen molar-refractivity contribution in [1.82, 2.24) is 5.32 Å². The molecule has 1 unspecified atom stereocenters. The molecule has 0 saturated carbocycles. The lowest BCUT2D eigenvalue weighted by Crippen LogP contribution is -2.33. The van der Waals surface area contributed by atoms with Crippen LogP contribution in [-0.4, -0.2) is 49.3 Å². The molecule has 0 aliphatic carbocycles. The summed E-state index contributed by atoms with van der Waals surface area (Å²) < 4.78 is 13.9. The van der Waals surface area contributed by atoms with Gasteiger partial charge in [-0.15, -0.1) is 0 Å². The van der Waals surface area contributed by atoms with Gasteiger partial charge in [0.05, 0.1) is 18.3 Å². The Morgan fingerprint density at radius 3 is 1.88 bits per heavy atom. The normalized spacial score (nSPS) is 17.1. The molecule has 2 N–H and O–H groups in total. The fourth-order valence-corrected chi connectivity index (χ4v) is 2.34. The van der Waals surface area contributed by atoms with Gasteiger partial charge in [0, 0.05) is 17.3 Å². The van der Waals surface area contributed by atoms with Gasteiger partial charge in [-0.1, -0.05) is 6.92 Å². The van der Waals surface area contributed by atoms with Crippen molar-refractivity contribution >= 4 is 23.9 Å². The highest BCUT2D eigenvalue weighted by molar-refractivity contribution is 5.98. The number of allylic oxidation sites excluding steroid dienone is 2. The van der Waals surface area contributed by atoms with E-state index in [4.69, 9.17) is 9.84 Å². The largest absolute Gasteiger partial charge is 0.479 e. The van der Waals surface area contributed by atoms with Gasteiger partial charge in [0.2, 0.25) is 0 Å². The second-order valence-corrected chi connectivity index (χ2v) is 5.05. The third-order valence-corrected chi connectivity index (χ3v) is 3.36. The molecule has 1 atom stereocenters. The molecule has 0 radical (unpaired) electrons. The summed E-state index contributed by atoms with van der Waals surface area (Å²) in [5, 5.41) is 11.4. The number of carbonyl (C=O) groups is 4. The van der Waals surface area contributed by atoms with E-state index in [2.05, 4.69) is 14.8 Å². The Labute approximate surface area is 138 Å². The number of esters is 3. The van der Waals surface area contributed by atoms with Crippen molar-refractivity contribution in [3.05, 3.63) is 22.5 Å². The Hall–Kier alpha value is -2.84. The summed E-state index contributed by atoms with van der Waals surface area (Å²) in [6.07, 6.45) is 0. The third kappa shape index (κ3) is 4.58. The van der Waals surface area contributed by atoms with Crippen LogP contribution in [0, 0.1) is 5.92 Å². The van der Waals surface area contributed by atoms with E-state index in [1.165, 1.54) is 0 Å². The molecule has 0 bridgehead atoms. The maximum Gasteiger partial charge on any atom is 0.344 e. The summed E-state index contributed by atoms with van der Waals surface area (Å²) >= 11 is 0. The van der Waals surface area contributed by atoms with Crippen molar-refractivity contribution in [1.29, 1.82) is 0 Å². The second-order valence-electron chi connectivity index (χ2n) is 5.05. The molecule has 0 saturated heterocycles. The second kappa shape index (κ2) is 8.14.